The average Bonchev–Trinajstić information content (AvgIpc) is 3.16. The van der Waals surface area contributed by atoms with Gasteiger partial charge in [0, 0.05) is 75.2 Å². The molecule has 234 valence electrons. The molecule has 1 amide bonds. The Balaban J connectivity index is 1.21. The number of aromatic nitrogens is 1. The van der Waals surface area contributed by atoms with Crippen LogP contribution in [-0.2, 0) is 16.0 Å². The molecule has 0 aromatic carbocycles. The number of pyridine rings is 1. The molecule has 0 aliphatic carbocycles. The first-order valence-electron chi connectivity index (χ1n) is 15.4. The number of aliphatic imine (C=N–C) groups is 1. The number of nitrogens with two attached hydrogens (primary N) is 1. The highest BCUT2D eigenvalue weighted by Crippen LogP contribution is 2.44. The molecule has 3 saturated heterocycles. The summed E-state index contributed by atoms with van der Waals surface area (Å²) in [7, 11) is 0. The van der Waals surface area contributed by atoms with Gasteiger partial charge in [0.05, 0.1) is 12.3 Å². The minimum atomic E-state index is -2.66. The zero-order chi connectivity index (χ0) is 30.3. The number of halogens is 3. The Morgan fingerprint density at radius 2 is 1.95 bits per heavy atom. The van der Waals surface area contributed by atoms with Gasteiger partial charge in [-0.15, -0.1) is 0 Å². The number of nitrogens with zero attached hydrogens (tertiary/aromatic N) is 6. The van der Waals surface area contributed by atoms with Crippen molar-refractivity contribution < 1.29 is 22.7 Å². The van der Waals surface area contributed by atoms with Crippen LogP contribution in [0.3, 0.4) is 0 Å². The molecule has 1 aromatic rings. The summed E-state index contributed by atoms with van der Waals surface area (Å²) in [5, 5.41) is 0. The average molecular weight is 602 g/mol. The summed E-state index contributed by atoms with van der Waals surface area (Å²) < 4.78 is 48.7. The van der Waals surface area contributed by atoms with Crippen molar-refractivity contribution in [3.63, 3.8) is 0 Å². The number of fused-ring (bicyclic) bond motifs is 3. The lowest BCUT2D eigenvalue weighted by Gasteiger charge is -2.55. The highest BCUT2D eigenvalue weighted by molar-refractivity contribution is 6.06. The van der Waals surface area contributed by atoms with Crippen molar-refractivity contribution in [2.45, 2.75) is 69.2 Å². The summed E-state index contributed by atoms with van der Waals surface area (Å²) in [6.45, 7) is 9.91. The lowest BCUT2D eigenvalue weighted by atomic mass is 9.82. The lowest BCUT2D eigenvalue weighted by molar-refractivity contribution is -0.128. The summed E-state index contributed by atoms with van der Waals surface area (Å²) in [6.07, 6.45) is 3.69. The molecule has 3 fully saturated rings. The van der Waals surface area contributed by atoms with Gasteiger partial charge in [0.25, 0.3) is 6.43 Å². The SMILES string of the molecule is C=CC(=O)N1CCN(C2CN3c4cc(N5CCC6(CC5)OCC(CF)N=C6/C(C)=C\N)nc(C(F)F)c4CCCC23)CC1. The Labute approximate surface area is 251 Å². The molecule has 2 N–H and O–H groups in total. The molecule has 0 bridgehead atoms. The van der Waals surface area contributed by atoms with Crippen LogP contribution in [0.1, 0.15) is 50.3 Å². The number of carbonyl (C=O) groups is 1. The summed E-state index contributed by atoms with van der Waals surface area (Å²) in [5.74, 6) is 0.529. The van der Waals surface area contributed by atoms with Gasteiger partial charge in [-0.2, -0.15) is 0 Å². The number of alkyl halides is 3. The van der Waals surface area contributed by atoms with Crippen LogP contribution in [0, 0.1) is 0 Å². The van der Waals surface area contributed by atoms with E-state index in [1.165, 1.54) is 12.3 Å². The van der Waals surface area contributed by atoms with Gasteiger partial charge < -0.3 is 25.2 Å². The summed E-state index contributed by atoms with van der Waals surface area (Å²) in [5.41, 5.74) is 8.04. The van der Waals surface area contributed by atoms with Crippen molar-refractivity contribution in [3.8, 4) is 0 Å². The Kier molecular flexibility index (Phi) is 8.43. The molecule has 9 nitrogen and oxygen atoms in total. The van der Waals surface area contributed by atoms with Crippen LogP contribution in [0.5, 0.6) is 0 Å². The monoisotopic (exact) mass is 601 g/mol. The van der Waals surface area contributed by atoms with Crippen molar-refractivity contribution in [2.24, 2.45) is 10.7 Å². The van der Waals surface area contributed by atoms with E-state index in [1.807, 2.05) is 17.9 Å². The first-order valence-corrected chi connectivity index (χ1v) is 15.4. The number of rotatable bonds is 6. The van der Waals surface area contributed by atoms with E-state index in [4.69, 9.17) is 10.5 Å². The van der Waals surface area contributed by atoms with Crippen LogP contribution >= 0.6 is 0 Å². The maximum absolute atomic E-state index is 14.5. The largest absolute Gasteiger partial charge is 0.404 e. The Morgan fingerprint density at radius 1 is 1.21 bits per heavy atom. The number of carbonyl (C=O) groups excluding carboxylic acids is 1. The molecule has 0 saturated carbocycles. The zero-order valence-electron chi connectivity index (χ0n) is 24.9. The Bertz CT molecular complexity index is 1290. The predicted molar refractivity (Wildman–Crippen MR) is 161 cm³/mol. The van der Waals surface area contributed by atoms with Gasteiger partial charge >= 0.3 is 0 Å². The molecule has 12 heteroatoms. The van der Waals surface area contributed by atoms with Crippen molar-refractivity contribution in [3.05, 3.63) is 41.8 Å². The fraction of sp³-hybridized carbons (Fsp3) is 0.645. The minimum absolute atomic E-state index is 0.0324. The second-order valence-corrected chi connectivity index (χ2v) is 12.3. The molecule has 3 unspecified atom stereocenters. The maximum Gasteiger partial charge on any atom is 0.280 e. The maximum atomic E-state index is 14.5. The highest BCUT2D eigenvalue weighted by Gasteiger charge is 2.47. The zero-order valence-corrected chi connectivity index (χ0v) is 24.9. The minimum Gasteiger partial charge on any atom is -0.404 e. The smallest absolute Gasteiger partial charge is 0.280 e. The van der Waals surface area contributed by atoms with Crippen LogP contribution in [0.4, 0.5) is 24.7 Å². The van der Waals surface area contributed by atoms with Gasteiger partial charge in [-0.1, -0.05) is 6.58 Å². The van der Waals surface area contributed by atoms with E-state index < -0.39 is 24.7 Å². The van der Waals surface area contributed by atoms with Crippen molar-refractivity contribution in [1.29, 1.82) is 0 Å². The second kappa shape index (κ2) is 12.1. The van der Waals surface area contributed by atoms with Gasteiger partial charge in [-0.05, 0) is 56.9 Å². The predicted octanol–water partition coefficient (Wildman–Crippen LogP) is 3.25. The highest BCUT2D eigenvalue weighted by atomic mass is 19.3. The normalized spacial score (nSPS) is 27.7. The Hall–Kier alpha value is -3.12. The third-order valence-electron chi connectivity index (χ3n) is 10.1. The lowest BCUT2D eigenvalue weighted by Crippen LogP contribution is -2.69. The van der Waals surface area contributed by atoms with E-state index in [2.05, 4.69) is 31.3 Å². The molecule has 5 aliphatic rings. The summed E-state index contributed by atoms with van der Waals surface area (Å²) >= 11 is 0. The first kappa shape index (κ1) is 29.9. The van der Waals surface area contributed by atoms with Gasteiger partial charge in [0.2, 0.25) is 5.91 Å². The van der Waals surface area contributed by atoms with Crippen LogP contribution in [0.2, 0.25) is 0 Å². The number of anilines is 2. The number of piperidine rings is 1. The van der Waals surface area contributed by atoms with Crippen molar-refractivity contribution >= 4 is 23.1 Å². The third kappa shape index (κ3) is 5.41. The molecule has 5 aliphatic heterocycles. The molecular weight excluding hydrogens is 559 g/mol. The van der Waals surface area contributed by atoms with E-state index in [0.717, 1.165) is 43.7 Å². The quantitative estimate of drug-likeness (QED) is 0.501. The number of hydrogen-bond donors (Lipinski definition) is 1. The van der Waals surface area contributed by atoms with E-state index in [0.29, 0.717) is 68.6 Å². The van der Waals surface area contributed by atoms with Crippen LogP contribution < -0.4 is 15.5 Å². The van der Waals surface area contributed by atoms with E-state index in [-0.39, 0.29) is 24.2 Å². The van der Waals surface area contributed by atoms with Crippen molar-refractivity contribution in [1.82, 2.24) is 14.8 Å². The number of ether oxygens (including phenoxy) is 1. The summed E-state index contributed by atoms with van der Waals surface area (Å²) in [6, 6.07) is 2.05. The molecule has 1 spiro atoms. The standard InChI is InChI=1S/C31H42F3N7O2/c1-3-27(42)40-13-11-38(12-14-40)25-18-41-23(25)6-4-5-22-24(41)15-26(37-28(22)30(33)34)39-9-7-31(8-10-39)29(20(2)17-35)36-21(16-32)19-43-31/h3,15,17,21,23,25,30H,1,4-14,16,18-19,35H2,2H3/b20-17-. The first-order chi connectivity index (χ1) is 20.8. The molecule has 0 radical (unpaired) electrons. The van der Waals surface area contributed by atoms with E-state index >= 15 is 0 Å². The fourth-order valence-electron chi connectivity index (χ4n) is 7.58. The van der Waals surface area contributed by atoms with Crippen LogP contribution in [0.25, 0.3) is 0 Å². The van der Waals surface area contributed by atoms with Crippen molar-refractivity contribution in [2.75, 3.05) is 68.9 Å². The number of amides is 1. The number of hydrogen-bond acceptors (Lipinski definition) is 8. The third-order valence-corrected chi connectivity index (χ3v) is 10.1. The molecule has 6 heterocycles. The van der Waals surface area contributed by atoms with E-state index in [1.54, 1.807) is 0 Å². The molecule has 43 heavy (non-hydrogen) atoms. The van der Waals surface area contributed by atoms with Gasteiger partial charge in [0.1, 0.15) is 29.8 Å². The number of piperazine rings is 1. The van der Waals surface area contributed by atoms with E-state index in [9.17, 15) is 18.0 Å². The van der Waals surface area contributed by atoms with Crippen LogP contribution in [-0.4, -0.2) is 109 Å². The van der Waals surface area contributed by atoms with Crippen LogP contribution in [0.15, 0.2) is 35.5 Å². The molecule has 6 rings (SSSR count). The Morgan fingerprint density at radius 3 is 2.60 bits per heavy atom. The van der Waals surface area contributed by atoms with Gasteiger partial charge in [0.15, 0.2) is 0 Å². The topological polar surface area (TPSA) is 90.5 Å². The fourth-order valence-corrected chi connectivity index (χ4v) is 7.58. The molecule has 3 atom stereocenters. The second-order valence-electron chi connectivity index (χ2n) is 12.3. The molecule has 1 aromatic heterocycles. The van der Waals surface area contributed by atoms with Gasteiger partial charge in [-0.25, -0.2) is 18.2 Å². The molecular formula is C31H42F3N7O2. The summed E-state index contributed by atoms with van der Waals surface area (Å²) in [4.78, 5) is 29.9. The van der Waals surface area contributed by atoms with Gasteiger partial charge in [-0.3, -0.25) is 14.7 Å².